The normalized spacial score (nSPS) is 19.2. The average Bonchev–Trinajstić information content (AvgIpc) is 3.25. The molecule has 0 saturated carbocycles. The highest BCUT2D eigenvalue weighted by atomic mass is 79.9. The summed E-state index contributed by atoms with van der Waals surface area (Å²) in [5, 5.41) is 6.32. The molecule has 3 heterocycles. The van der Waals surface area contributed by atoms with Crippen LogP contribution in [0.4, 0.5) is 11.4 Å². The van der Waals surface area contributed by atoms with Gasteiger partial charge in [0.15, 0.2) is 5.11 Å². The van der Waals surface area contributed by atoms with Gasteiger partial charge in [0.1, 0.15) is 0 Å². The number of nitrogens with one attached hydrogen (secondary N) is 1. The molecule has 1 aromatic carbocycles. The van der Waals surface area contributed by atoms with Crippen molar-refractivity contribution in [2.45, 2.75) is 12.1 Å². The number of pyridine rings is 1. The van der Waals surface area contributed by atoms with E-state index < -0.39 is 0 Å². The lowest BCUT2D eigenvalue weighted by molar-refractivity contribution is 0.575. The minimum Gasteiger partial charge on any atom is -0.378 e. The first-order valence-electron chi connectivity index (χ1n) is 8.56. The number of thiophene rings is 1. The third-order valence-corrected chi connectivity index (χ3v) is 6.70. The molecule has 0 amide bonds. The van der Waals surface area contributed by atoms with E-state index in [0.717, 1.165) is 26.7 Å². The van der Waals surface area contributed by atoms with Crippen LogP contribution in [0.25, 0.3) is 0 Å². The largest absolute Gasteiger partial charge is 0.378 e. The van der Waals surface area contributed by atoms with Crippen molar-refractivity contribution < 1.29 is 0 Å². The Balaban J connectivity index is 1.78. The number of hydrogen-bond acceptors (Lipinski definition) is 4. The Morgan fingerprint density at radius 2 is 1.96 bits per heavy atom. The first-order chi connectivity index (χ1) is 13.0. The Morgan fingerprint density at radius 1 is 1.19 bits per heavy atom. The van der Waals surface area contributed by atoms with Crippen LogP contribution < -0.4 is 15.1 Å². The van der Waals surface area contributed by atoms with E-state index in [0.29, 0.717) is 0 Å². The van der Waals surface area contributed by atoms with Crippen LogP contribution >= 0.6 is 39.5 Å². The highest BCUT2D eigenvalue weighted by Crippen LogP contribution is 2.44. The highest BCUT2D eigenvalue weighted by molar-refractivity contribution is 9.10. The molecule has 7 heteroatoms. The molecule has 0 unspecified atom stereocenters. The number of anilines is 2. The number of halogens is 1. The van der Waals surface area contributed by atoms with Crippen LogP contribution in [0.15, 0.2) is 64.6 Å². The summed E-state index contributed by atoms with van der Waals surface area (Å²) in [6, 6.07) is 16.7. The molecule has 3 aromatic rings. The predicted molar refractivity (Wildman–Crippen MR) is 121 cm³/mol. The molecule has 1 aliphatic heterocycles. The van der Waals surface area contributed by atoms with Crippen molar-refractivity contribution in [3.8, 4) is 0 Å². The van der Waals surface area contributed by atoms with Gasteiger partial charge in [-0.3, -0.25) is 4.98 Å². The lowest BCUT2D eigenvalue weighted by Crippen LogP contribution is -2.29. The maximum absolute atomic E-state index is 5.74. The standard InChI is InChI=1S/C20H19BrN4S2/c1-24(2)14-6-8-15(9-7-14)25-19(17-11-13(21)12-27-17)18(23-20(25)26)16-5-3-4-10-22-16/h3-12,18-19H,1-2H3,(H,23,26)/t18-,19-/m1/s1. The molecule has 4 nitrogen and oxygen atoms in total. The molecule has 0 radical (unpaired) electrons. The summed E-state index contributed by atoms with van der Waals surface area (Å²) in [5.41, 5.74) is 3.22. The van der Waals surface area contributed by atoms with E-state index >= 15 is 0 Å². The van der Waals surface area contributed by atoms with Crippen LogP contribution in [0.2, 0.25) is 0 Å². The fourth-order valence-corrected chi connectivity index (χ4v) is 5.23. The number of nitrogens with zero attached hydrogens (tertiary/aromatic N) is 3. The quantitative estimate of drug-likeness (QED) is 0.546. The van der Waals surface area contributed by atoms with Crippen molar-refractivity contribution >= 4 is 56.0 Å². The topological polar surface area (TPSA) is 31.4 Å². The van der Waals surface area contributed by atoms with Gasteiger partial charge in [-0.2, -0.15) is 0 Å². The van der Waals surface area contributed by atoms with Gasteiger partial charge in [-0.25, -0.2) is 0 Å². The fraction of sp³-hybridized carbons (Fsp3) is 0.200. The van der Waals surface area contributed by atoms with Crippen LogP contribution in [0.1, 0.15) is 22.7 Å². The van der Waals surface area contributed by atoms with Crippen LogP contribution in [0.3, 0.4) is 0 Å². The SMILES string of the molecule is CN(C)c1ccc(N2C(=S)N[C@H](c3ccccn3)[C@H]2c2cc(Br)cs2)cc1. The second-order valence-corrected chi connectivity index (χ2v) is 8.82. The van der Waals surface area contributed by atoms with E-state index in [2.05, 4.69) is 77.8 Å². The summed E-state index contributed by atoms with van der Waals surface area (Å²) in [7, 11) is 4.08. The Bertz CT molecular complexity index is 940. The second kappa shape index (κ2) is 7.58. The maximum atomic E-state index is 5.74. The third kappa shape index (κ3) is 3.59. The first kappa shape index (κ1) is 18.4. The van der Waals surface area contributed by atoms with Gasteiger partial charge >= 0.3 is 0 Å². The zero-order valence-corrected chi connectivity index (χ0v) is 18.2. The lowest BCUT2D eigenvalue weighted by atomic mass is 10.0. The maximum Gasteiger partial charge on any atom is 0.174 e. The number of rotatable bonds is 4. The summed E-state index contributed by atoms with van der Waals surface area (Å²) in [6.07, 6.45) is 1.83. The minimum absolute atomic E-state index is 0.00206. The Morgan fingerprint density at radius 3 is 2.56 bits per heavy atom. The summed E-state index contributed by atoms with van der Waals surface area (Å²) < 4.78 is 1.09. The van der Waals surface area contributed by atoms with Crippen molar-refractivity contribution in [3.05, 3.63) is 75.2 Å². The van der Waals surface area contributed by atoms with Gasteiger partial charge < -0.3 is 15.1 Å². The van der Waals surface area contributed by atoms with Gasteiger partial charge in [-0.1, -0.05) is 6.07 Å². The highest BCUT2D eigenvalue weighted by Gasteiger charge is 2.41. The zero-order chi connectivity index (χ0) is 19.0. The molecular weight excluding hydrogens is 440 g/mol. The summed E-state index contributed by atoms with van der Waals surface area (Å²) in [6.45, 7) is 0. The summed E-state index contributed by atoms with van der Waals surface area (Å²) >= 11 is 11.1. The molecule has 1 fully saturated rings. The van der Waals surface area contributed by atoms with Gasteiger partial charge in [0.2, 0.25) is 0 Å². The van der Waals surface area contributed by atoms with Crippen LogP contribution in [-0.2, 0) is 0 Å². The van der Waals surface area contributed by atoms with E-state index in [9.17, 15) is 0 Å². The number of thiocarbonyl (C=S) groups is 1. The van der Waals surface area contributed by atoms with Crippen molar-refractivity contribution in [2.75, 3.05) is 23.9 Å². The lowest BCUT2D eigenvalue weighted by Gasteiger charge is -2.27. The fourth-order valence-electron chi connectivity index (χ4n) is 3.32. The predicted octanol–water partition coefficient (Wildman–Crippen LogP) is 5.15. The Hall–Kier alpha value is -1.96. The van der Waals surface area contributed by atoms with E-state index in [1.165, 1.54) is 4.88 Å². The van der Waals surface area contributed by atoms with Crippen molar-refractivity contribution in [1.82, 2.24) is 10.3 Å². The molecule has 138 valence electrons. The Labute approximate surface area is 177 Å². The Kier molecular flexibility index (Phi) is 5.16. The summed E-state index contributed by atoms with van der Waals surface area (Å²) in [5.74, 6) is 0. The van der Waals surface area contributed by atoms with Crippen molar-refractivity contribution in [2.24, 2.45) is 0 Å². The molecule has 2 atom stereocenters. The van der Waals surface area contributed by atoms with Gasteiger partial charge in [0, 0.05) is 46.4 Å². The molecular formula is C20H19BrN4S2. The zero-order valence-electron chi connectivity index (χ0n) is 15.0. The third-order valence-electron chi connectivity index (χ3n) is 4.62. The molecule has 0 aliphatic carbocycles. The molecule has 1 N–H and O–H groups in total. The van der Waals surface area contributed by atoms with E-state index in [1.54, 1.807) is 11.3 Å². The monoisotopic (exact) mass is 458 g/mol. The van der Waals surface area contributed by atoms with Crippen molar-refractivity contribution in [1.29, 1.82) is 0 Å². The van der Waals surface area contributed by atoms with Crippen LogP contribution in [-0.4, -0.2) is 24.2 Å². The van der Waals surface area contributed by atoms with Gasteiger partial charge in [0.05, 0.1) is 17.8 Å². The van der Waals surface area contributed by atoms with E-state index in [4.69, 9.17) is 12.2 Å². The molecule has 0 bridgehead atoms. The van der Waals surface area contributed by atoms with Gasteiger partial charge in [-0.05, 0) is 70.6 Å². The van der Waals surface area contributed by atoms with Gasteiger partial charge in [-0.15, -0.1) is 11.3 Å². The molecule has 4 rings (SSSR count). The average molecular weight is 459 g/mol. The molecule has 0 spiro atoms. The molecule has 1 aliphatic rings. The number of benzene rings is 1. The van der Waals surface area contributed by atoms with Crippen LogP contribution in [0, 0.1) is 0 Å². The first-order valence-corrected chi connectivity index (χ1v) is 10.6. The molecule has 1 saturated heterocycles. The minimum atomic E-state index is -0.00206. The van der Waals surface area contributed by atoms with Crippen molar-refractivity contribution in [3.63, 3.8) is 0 Å². The van der Waals surface area contributed by atoms with E-state index in [-0.39, 0.29) is 12.1 Å². The van der Waals surface area contributed by atoms with Gasteiger partial charge in [0.25, 0.3) is 0 Å². The van der Waals surface area contributed by atoms with Crippen LogP contribution in [0.5, 0.6) is 0 Å². The smallest absolute Gasteiger partial charge is 0.174 e. The molecule has 27 heavy (non-hydrogen) atoms. The number of aromatic nitrogens is 1. The summed E-state index contributed by atoms with van der Waals surface area (Å²) in [4.78, 5) is 10.1. The van der Waals surface area contributed by atoms with E-state index in [1.807, 2.05) is 32.4 Å². The second-order valence-electron chi connectivity index (χ2n) is 6.57. The molecule has 2 aromatic heterocycles. The number of hydrogen-bond donors (Lipinski definition) is 1.